The molecule has 0 aliphatic carbocycles. The van der Waals surface area contributed by atoms with E-state index in [0.717, 1.165) is 5.75 Å². The molecule has 4 nitrogen and oxygen atoms in total. The Kier molecular flexibility index (Phi) is 4.85. The maximum absolute atomic E-state index is 11.8. The van der Waals surface area contributed by atoms with E-state index in [1.807, 2.05) is 19.1 Å². The molecule has 0 atom stereocenters. The van der Waals surface area contributed by atoms with Gasteiger partial charge in [-0.1, -0.05) is 17.7 Å². The number of carbonyl (C=O) groups is 1. The van der Waals surface area contributed by atoms with Crippen molar-refractivity contribution in [2.45, 2.75) is 6.92 Å². The number of benzene rings is 2. The molecule has 2 N–H and O–H groups in total. The first kappa shape index (κ1) is 14.2. The van der Waals surface area contributed by atoms with Gasteiger partial charge in [0, 0.05) is 22.5 Å². The number of halogens is 1. The molecule has 0 aliphatic heterocycles. The van der Waals surface area contributed by atoms with E-state index < -0.39 is 0 Å². The molecule has 0 saturated heterocycles. The van der Waals surface area contributed by atoms with E-state index in [4.69, 9.17) is 16.3 Å². The SMILES string of the molecule is CCOc1cccc(NC(=O)Nc2ccc(Cl)cc2)c1. The van der Waals surface area contributed by atoms with E-state index in [1.165, 1.54) is 0 Å². The Hall–Kier alpha value is -2.20. The third-order valence-corrected chi connectivity index (χ3v) is 2.76. The van der Waals surface area contributed by atoms with Gasteiger partial charge < -0.3 is 15.4 Å². The summed E-state index contributed by atoms with van der Waals surface area (Å²) >= 11 is 5.78. The highest BCUT2D eigenvalue weighted by molar-refractivity contribution is 6.30. The highest BCUT2D eigenvalue weighted by Crippen LogP contribution is 2.18. The molecule has 0 radical (unpaired) electrons. The molecule has 0 aliphatic rings. The van der Waals surface area contributed by atoms with Crippen LogP contribution in [-0.4, -0.2) is 12.6 Å². The number of rotatable bonds is 4. The van der Waals surface area contributed by atoms with Gasteiger partial charge in [0.1, 0.15) is 5.75 Å². The Morgan fingerprint density at radius 3 is 2.50 bits per heavy atom. The number of hydrogen-bond donors (Lipinski definition) is 2. The van der Waals surface area contributed by atoms with Gasteiger partial charge in [-0.25, -0.2) is 4.79 Å². The van der Waals surface area contributed by atoms with Crippen LogP contribution in [0.3, 0.4) is 0 Å². The molecule has 0 fully saturated rings. The lowest BCUT2D eigenvalue weighted by atomic mass is 10.3. The van der Waals surface area contributed by atoms with E-state index in [1.54, 1.807) is 36.4 Å². The van der Waals surface area contributed by atoms with Gasteiger partial charge >= 0.3 is 6.03 Å². The second-order valence-corrected chi connectivity index (χ2v) is 4.48. The van der Waals surface area contributed by atoms with Crippen molar-refractivity contribution in [2.75, 3.05) is 17.2 Å². The Balaban J connectivity index is 1.97. The van der Waals surface area contributed by atoms with Crippen LogP contribution in [0.5, 0.6) is 5.75 Å². The predicted octanol–water partition coefficient (Wildman–Crippen LogP) is 4.38. The first-order chi connectivity index (χ1) is 9.67. The summed E-state index contributed by atoms with van der Waals surface area (Å²) in [5.74, 6) is 0.719. The summed E-state index contributed by atoms with van der Waals surface area (Å²) in [6.07, 6.45) is 0. The van der Waals surface area contributed by atoms with Crippen LogP contribution in [0.2, 0.25) is 5.02 Å². The zero-order valence-corrected chi connectivity index (χ0v) is 11.8. The average Bonchev–Trinajstić information content (AvgIpc) is 2.42. The van der Waals surface area contributed by atoms with Gasteiger partial charge in [0.2, 0.25) is 0 Å². The summed E-state index contributed by atoms with van der Waals surface area (Å²) < 4.78 is 5.37. The lowest BCUT2D eigenvalue weighted by Crippen LogP contribution is -2.19. The van der Waals surface area contributed by atoms with Gasteiger partial charge in [-0.2, -0.15) is 0 Å². The van der Waals surface area contributed by atoms with Gasteiger partial charge in [0.15, 0.2) is 0 Å². The summed E-state index contributed by atoms with van der Waals surface area (Å²) in [5.41, 5.74) is 1.34. The first-order valence-electron chi connectivity index (χ1n) is 6.24. The third kappa shape index (κ3) is 4.17. The van der Waals surface area contributed by atoms with Crippen molar-refractivity contribution in [2.24, 2.45) is 0 Å². The molecule has 0 saturated carbocycles. The monoisotopic (exact) mass is 290 g/mol. The summed E-state index contributed by atoms with van der Waals surface area (Å²) in [7, 11) is 0. The van der Waals surface area contributed by atoms with Crippen LogP contribution in [0, 0.1) is 0 Å². The molecular formula is C15H15ClN2O2. The fourth-order valence-electron chi connectivity index (χ4n) is 1.66. The van der Waals surface area contributed by atoms with Crippen molar-refractivity contribution in [1.29, 1.82) is 0 Å². The number of urea groups is 1. The molecule has 2 amide bonds. The van der Waals surface area contributed by atoms with E-state index in [9.17, 15) is 4.79 Å². The Labute approximate surface area is 122 Å². The fourth-order valence-corrected chi connectivity index (χ4v) is 1.78. The van der Waals surface area contributed by atoms with Crippen LogP contribution in [0.15, 0.2) is 48.5 Å². The zero-order chi connectivity index (χ0) is 14.4. The van der Waals surface area contributed by atoms with Crippen molar-refractivity contribution in [1.82, 2.24) is 0 Å². The number of hydrogen-bond acceptors (Lipinski definition) is 2. The van der Waals surface area contributed by atoms with Crippen molar-refractivity contribution < 1.29 is 9.53 Å². The summed E-state index contributed by atoms with van der Waals surface area (Å²) in [4.78, 5) is 11.8. The molecule has 0 bridgehead atoms. The number of nitrogens with one attached hydrogen (secondary N) is 2. The largest absolute Gasteiger partial charge is 0.494 e. The Morgan fingerprint density at radius 2 is 1.80 bits per heavy atom. The van der Waals surface area contributed by atoms with Gasteiger partial charge in [-0.05, 0) is 43.3 Å². The summed E-state index contributed by atoms with van der Waals surface area (Å²) in [5, 5.41) is 6.09. The third-order valence-electron chi connectivity index (χ3n) is 2.50. The van der Waals surface area contributed by atoms with Gasteiger partial charge in [-0.15, -0.1) is 0 Å². The molecule has 2 aromatic carbocycles. The van der Waals surface area contributed by atoms with Crippen LogP contribution in [0.25, 0.3) is 0 Å². The Morgan fingerprint density at radius 1 is 1.10 bits per heavy atom. The molecule has 20 heavy (non-hydrogen) atoms. The van der Waals surface area contributed by atoms with Crippen molar-refractivity contribution in [3.05, 3.63) is 53.6 Å². The van der Waals surface area contributed by atoms with Crippen molar-refractivity contribution in [3.8, 4) is 5.75 Å². The number of anilines is 2. The molecule has 0 unspecified atom stereocenters. The van der Waals surface area contributed by atoms with Gasteiger partial charge in [0.25, 0.3) is 0 Å². The van der Waals surface area contributed by atoms with Crippen LogP contribution in [0.1, 0.15) is 6.92 Å². The second-order valence-electron chi connectivity index (χ2n) is 4.05. The van der Waals surface area contributed by atoms with Crippen molar-refractivity contribution >= 4 is 29.0 Å². The molecule has 2 rings (SSSR count). The minimum atomic E-state index is -0.319. The Bertz CT molecular complexity index is 585. The van der Waals surface area contributed by atoms with Gasteiger partial charge in [-0.3, -0.25) is 0 Å². The average molecular weight is 291 g/mol. The minimum absolute atomic E-state index is 0.319. The topological polar surface area (TPSA) is 50.4 Å². The maximum Gasteiger partial charge on any atom is 0.323 e. The lowest BCUT2D eigenvalue weighted by Gasteiger charge is -2.09. The van der Waals surface area contributed by atoms with E-state index in [0.29, 0.717) is 23.0 Å². The highest BCUT2D eigenvalue weighted by Gasteiger charge is 2.03. The fraction of sp³-hybridized carbons (Fsp3) is 0.133. The standard InChI is InChI=1S/C15H15ClN2O2/c1-2-20-14-5-3-4-13(10-14)18-15(19)17-12-8-6-11(16)7-9-12/h3-10H,2H2,1H3,(H2,17,18,19). The quantitative estimate of drug-likeness (QED) is 0.878. The van der Waals surface area contributed by atoms with Crippen LogP contribution < -0.4 is 15.4 Å². The van der Waals surface area contributed by atoms with E-state index in [-0.39, 0.29) is 6.03 Å². The normalized spacial score (nSPS) is 9.90. The molecule has 0 heterocycles. The van der Waals surface area contributed by atoms with Crippen molar-refractivity contribution in [3.63, 3.8) is 0 Å². The number of ether oxygens (including phenoxy) is 1. The lowest BCUT2D eigenvalue weighted by molar-refractivity contribution is 0.262. The second kappa shape index (κ2) is 6.82. The summed E-state index contributed by atoms with van der Waals surface area (Å²) in [6.45, 7) is 2.49. The number of amides is 2. The molecule has 0 aromatic heterocycles. The van der Waals surface area contributed by atoms with E-state index >= 15 is 0 Å². The molecular weight excluding hydrogens is 276 g/mol. The van der Waals surface area contributed by atoms with Gasteiger partial charge in [0.05, 0.1) is 6.61 Å². The minimum Gasteiger partial charge on any atom is -0.494 e. The molecule has 5 heteroatoms. The zero-order valence-electron chi connectivity index (χ0n) is 11.0. The summed E-state index contributed by atoms with van der Waals surface area (Å²) in [6, 6.07) is 13.8. The number of carbonyl (C=O) groups excluding carboxylic acids is 1. The maximum atomic E-state index is 11.8. The highest BCUT2D eigenvalue weighted by atomic mass is 35.5. The smallest absolute Gasteiger partial charge is 0.323 e. The first-order valence-corrected chi connectivity index (χ1v) is 6.61. The molecule has 2 aromatic rings. The molecule has 104 valence electrons. The van der Waals surface area contributed by atoms with Crippen LogP contribution >= 0.6 is 11.6 Å². The van der Waals surface area contributed by atoms with E-state index in [2.05, 4.69) is 10.6 Å². The predicted molar refractivity (Wildman–Crippen MR) is 81.7 cm³/mol. The van der Waals surface area contributed by atoms with Crippen LogP contribution in [0.4, 0.5) is 16.2 Å². The van der Waals surface area contributed by atoms with Crippen LogP contribution in [-0.2, 0) is 0 Å². The molecule has 0 spiro atoms.